The molecular formula is C32H35ClF2N4O3. The lowest BCUT2D eigenvalue weighted by Crippen LogP contribution is -2.55. The maximum absolute atomic E-state index is 14.3. The summed E-state index contributed by atoms with van der Waals surface area (Å²) in [6.07, 6.45) is 0. The molecule has 1 saturated heterocycles. The largest absolute Gasteiger partial charge is 0.493 e. The molecule has 2 atom stereocenters. The number of urea groups is 1. The lowest BCUT2D eigenvalue weighted by molar-refractivity contribution is -0.123. The van der Waals surface area contributed by atoms with Crippen LogP contribution in [0.5, 0.6) is 5.75 Å². The van der Waals surface area contributed by atoms with Crippen molar-refractivity contribution in [1.82, 2.24) is 15.1 Å². The molecule has 3 amide bonds. The summed E-state index contributed by atoms with van der Waals surface area (Å²) in [5.74, 6) is -0.106. The summed E-state index contributed by atoms with van der Waals surface area (Å²) in [4.78, 5) is 34.7. The zero-order chi connectivity index (χ0) is 29.3. The van der Waals surface area contributed by atoms with Gasteiger partial charge in [-0.15, -0.1) is 12.4 Å². The molecule has 3 aromatic carbocycles. The average Bonchev–Trinajstić information content (AvgIpc) is 3.33. The standard InChI is InChI=1S/C32H34F2N4O3.ClH/c1-5-41-26-18-22(32(2,3)4)10-15-25(26)30-36-28(20-6-11-23(33)12-7-20)29(21-8-13-24(34)14-9-21)38(30)31(40)37-17-16-35-27(39)19-37;/h6-15,18,28-29H,5,16-17,19H2,1-4H3,(H,35,39);1H/t28-,29+;/m0./s1. The number of benzene rings is 3. The monoisotopic (exact) mass is 596 g/mol. The van der Waals surface area contributed by atoms with E-state index in [1.165, 1.54) is 29.2 Å². The number of aliphatic imine (C=N–C) groups is 1. The number of amides is 3. The smallest absolute Gasteiger partial charge is 0.326 e. The third kappa shape index (κ3) is 6.26. The summed E-state index contributed by atoms with van der Waals surface area (Å²) in [5, 5.41) is 2.76. The molecular weight excluding hydrogens is 562 g/mol. The lowest BCUT2D eigenvalue weighted by atomic mass is 9.86. The Bertz CT molecular complexity index is 1470. The quantitative estimate of drug-likeness (QED) is 0.382. The molecule has 1 fully saturated rings. The van der Waals surface area contributed by atoms with Crippen molar-refractivity contribution < 1.29 is 23.1 Å². The van der Waals surface area contributed by atoms with Gasteiger partial charge in [-0.3, -0.25) is 14.7 Å². The third-order valence-electron chi connectivity index (χ3n) is 7.39. The average molecular weight is 597 g/mol. The number of ether oxygens (including phenoxy) is 1. The van der Waals surface area contributed by atoms with Gasteiger partial charge in [-0.05, 0) is 65.4 Å². The molecule has 0 spiro atoms. The summed E-state index contributed by atoms with van der Waals surface area (Å²) < 4.78 is 34.0. The zero-order valence-corrected chi connectivity index (χ0v) is 24.9. The van der Waals surface area contributed by atoms with Crippen LogP contribution in [-0.2, 0) is 10.2 Å². The summed E-state index contributed by atoms with van der Waals surface area (Å²) in [6.45, 7) is 9.18. The molecule has 0 bridgehead atoms. The second-order valence-electron chi connectivity index (χ2n) is 11.3. The normalized spacial score (nSPS) is 18.7. The Labute approximate surface area is 251 Å². The number of hydrogen-bond donors (Lipinski definition) is 1. The van der Waals surface area contributed by atoms with E-state index in [1.54, 1.807) is 29.2 Å². The fourth-order valence-electron chi connectivity index (χ4n) is 5.26. The molecule has 1 N–H and O–H groups in total. The fourth-order valence-corrected chi connectivity index (χ4v) is 5.26. The lowest BCUT2D eigenvalue weighted by Gasteiger charge is -2.36. The number of carbonyl (C=O) groups excluding carboxylic acids is 2. The van der Waals surface area contributed by atoms with Crippen molar-refractivity contribution in [2.45, 2.75) is 45.2 Å². The SMILES string of the molecule is CCOc1cc(C(C)(C)C)ccc1C1=N[C@@H](c2ccc(F)cc2)[C@@H](c2ccc(F)cc2)N1C(=O)N1CCNC(=O)C1.Cl. The van der Waals surface area contributed by atoms with Gasteiger partial charge in [0.25, 0.3) is 0 Å². The Balaban J connectivity index is 0.00000405. The van der Waals surface area contributed by atoms with Gasteiger partial charge in [-0.25, -0.2) is 13.6 Å². The van der Waals surface area contributed by atoms with Crippen molar-refractivity contribution in [3.05, 3.63) is 101 Å². The molecule has 0 aliphatic carbocycles. The molecule has 3 aromatic rings. The Morgan fingerprint density at radius 1 is 1.00 bits per heavy atom. The number of halogens is 3. The molecule has 0 aromatic heterocycles. The van der Waals surface area contributed by atoms with Gasteiger partial charge in [0.1, 0.15) is 35.8 Å². The van der Waals surface area contributed by atoms with E-state index in [-0.39, 0.29) is 30.3 Å². The van der Waals surface area contributed by atoms with Gasteiger partial charge in [0.2, 0.25) is 5.91 Å². The fraction of sp³-hybridized carbons (Fsp3) is 0.344. The first-order valence-corrected chi connectivity index (χ1v) is 13.8. The number of piperazine rings is 1. The summed E-state index contributed by atoms with van der Waals surface area (Å²) in [5.41, 5.74) is 2.87. The Morgan fingerprint density at radius 2 is 1.62 bits per heavy atom. The number of amidine groups is 1. The highest BCUT2D eigenvalue weighted by atomic mass is 35.5. The minimum Gasteiger partial charge on any atom is -0.493 e. The van der Waals surface area contributed by atoms with E-state index in [0.29, 0.717) is 48.0 Å². The zero-order valence-electron chi connectivity index (χ0n) is 24.1. The highest BCUT2D eigenvalue weighted by Gasteiger charge is 2.45. The molecule has 5 rings (SSSR count). The predicted octanol–water partition coefficient (Wildman–Crippen LogP) is 6.18. The highest BCUT2D eigenvalue weighted by molar-refractivity contribution is 6.11. The van der Waals surface area contributed by atoms with Gasteiger partial charge in [-0.1, -0.05) is 51.1 Å². The van der Waals surface area contributed by atoms with Crippen LogP contribution in [0.1, 0.15) is 62.0 Å². The highest BCUT2D eigenvalue weighted by Crippen LogP contribution is 2.45. The Morgan fingerprint density at radius 3 is 2.19 bits per heavy atom. The summed E-state index contributed by atoms with van der Waals surface area (Å²) >= 11 is 0. The second-order valence-corrected chi connectivity index (χ2v) is 11.3. The number of rotatable bonds is 5. The molecule has 10 heteroatoms. The molecule has 7 nitrogen and oxygen atoms in total. The van der Waals surface area contributed by atoms with Crippen LogP contribution in [0.15, 0.2) is 71.7 Å². The number of carbonyl (C=O) groups is 2. The van der Waals surface area contributed by atoms with Crippen LogP contribution in [0.3, 0.4) is 0 Å². The van der Waals surface area contributed by atoms with Crippen LogP contribution in [0.2, 0.25) is 0 Å². The maximum Gasteiger partial charge on any atom is 0.326 e. The first kappa shape index (κ1) is 31.0. The number of nitrogens with zero attached hydrogens (tertiary/aromatic N) is 3. The van der Waals surface area contributed by atoms with Crippen LogP contribution in [0.4, 0.5) is 13.6 Å². The van der Waals surface area contributed by atoms with E-state index in [2.05, 4.69) is 26.1 Å². The van der Waals surface area contributed by atoms with Gasteiger partial charge >= 0.3 is 6.03 Å². The van der Waals surface area contributed by atoms with Gasteiger partial charge in [0.15, 0.2) is 0 Å². The van der Waals surface area contributed by atoms with Crippen LogP contribution in [-0.4, -0.2) is 53.8 Å². The summed E-state index contributed by atoms with van der Waals surface area (Å²) in [6, 6.07) is 16.1. The van der Waals surface area contributed by atoms with E-state index in [9.17, 15) is 18.4 Å². The van der Waals surface area contributed by atoms with Gasteiger partial charge in [0, 0.05) is 13.1 Å². The van der Waals surface area contributed by atoms with Gasteiger partial charge in [0.05, 0.1) is 18.2 Å². The second kappa shape index (κ2) is 12.5. The van der Waals surface area contributed by atoms with Crippen molar-refractivity contribution in [2.75, 3.05) is 26.2 Å². The third-order valence-corrected chi connectivity index (χ3v) is 7.39. The molecule has 0 unspecified atom stereocenters. The topological polar surface area (TPSA) is 74.2 Å². The Hall–Kier alpha value is -3.98. The molecule has 0 radical (unpaired) electrons. The van der Waals surface area contributed by atoms with E-state index in [0.717, 1.165) is 5.56 Å². The van der Waals surface area contributed by atoms with E-state index >= 15 is 0 Å². The minimum absolute atomic E-state index is 0. The van der Waals surface area contributed by atoms with Crippen molar-refractivity contribution >= 4 is 30.2 Å². The minimum atomic E-state index is -0.690. The van der Waals surface area contributed by atoms with Crippen molar-refractivity contribution in [2.24, 2.45) is 4.99 Å². The first-order valence-electron chi connectivity index (χ1n) is 13.8. The summed E-state index contributed by atoms with van der Waals surface area (Å²) in [7, 11) is 0. The molecule has 2 aliphatic heterocycles. The first-order chi connectivity index (χ1) is 19.6. The van der Waals surface area contributed by atoms with Crippen LogP contribution < -0.4 is 10.1 Å². The van der Waals surface area contributed by atoms with Crippen molar-refractivity contribution in [3.63, 3.8) is 0 Å². The molecule has 42 heavy (non-hydrogen) atoms. The molecule has 0 saturated carbocycles. The number of nitrogens with one attached hydrogen (secondary N) is 1. The van der Waals surface area contributed by atoms with Crippen molar-refractivity contribution in [3.8, 4) is 5.75 Å². The maximum atomic E-state index is 14.3. The molecule has 2 heterocycles. The van der Waals surface area contributed by atoms with Gasteiger partial charge < -0.3 is 15.0 Å². The van der Waals surface area contributed by atoms with E-state index in [1.807, 2.05) is 25.1 Å². The molecule has 2 aliphatic rings. The number of hydrogen-bond acceptors (Lipinski definition) is 4. The van der Waals surface area contributed by atoms with Gasteiger partial charge in [-0.2, -0.15) is 0 Å². The van der Waals surface area contributed by atoms with E-state index < -0.39 is 29.7 Å². The van der Waals surface area contributed by atoms with Crippen LogP contribution >= 0.6 is 12.4 Å². The van der Waals surface area contributed by atoms with Crippen LogP contribution in [0, 0.1) is 11.6 Å². The molecule has 222 valence electrons. The van der Waals surface area contributed by atoms with E-state index in [4.69, 9.17) is 9.73 Å². The van der Waals surface area contributed by atoms with Crippen molar-refractivity contribution in [1.29, 1.82) is 0 Å². The predicted molar refractivity (Wildman–Crippen MR) is 160 cm³/mol. The Kier molecular flexibility index (Phi) is 9.21. The van der Waals surface area contributed by atoms with Crippen LogP contribution in [0.25, 0.3) is 0 Å².